The minimum atomic E-state index is -2.81. The molecule has 0 saturated carbocycles. The lowest BCUT2D eigenvalue weighted by Gasteiger charge is -2.26. The molecule has 0 atom stereocenters. The Labute approximate surface area is 158 Å². The van der Waals surface area contributed by atoms with Gasteiger partial charge in [-0.25, -0.2) is 13.4 Å². The van der Waals surface area contributed by atoms with E-state index in [9.17, 15) is 8.42 Å². The fourth-order valence-corrected chi connectivity index (χ4v) is 4.00. The Morgan fingerprint density at radius 2 is 1.77 bits per heavy atom. The van der Waals surface area contributed by atoms with Crippen molar-refractivity contribution in [1.29, 1.82) is 0 Å². The second-order valence-electron chi connectivity index (χ2n) is 6.85. The maximum atomic E-state index is 11.5. The zero-order valence-electron chi connectivity index (χ0n) is 16.0. The van der Waals surface area contributed by atoms with Crippen molar-refractivity contribution in [3.63, 3.8) is 0 Å². The fourth-order valence-electron chi connectivity index (χ4n) is 2.73. The molecule has 0 spiro atoms. The summed E-state index contributed by atoms with van der Waals surface area (Å²) in [6, 6.07) is 8.42. The van der Waals surface area contributed by atoms with Gasteiger partial charge in [0.1, 0.15) is 0 Å². The highest BCUT2D eigenvalue weighted by atomic mass is 32.2. The maximum absolute atomic E-state index is 11.5. The van der Waals surface area contributed by atoms with Gasteiger partial charge in [0.15, 0.2) is 15.8 Å². The molecule has 0 amide bonds. The van der Waals surface area contributed by atoms with E-state index in [0.717, 1.165) is 38.4 Å². The van der Waals surface area contributed by atoms with Crippen LogP contribution in [0.5, 0.6) is 0 Å². The molecule has 1 aliphatic rings. The van der Waals surface area contributed by atoms with Crippen molar-refractivity contribution >= 4 is 15.8 Å². The van der Waals surface area contributed by atoms with Crippen molar-refractivity contribution in [1.82, 2.24) is 15.5 Å². The molecule has 1 aromatic carbocycles. The van der Waals surface area contributed by atoms with E-state index < -0.39 is 9.84 Å². The summed E-state index contributed by atoms with van der Waals surface area (Å²) in [5.41, 5.74) is 2.44. The summed E-state index contributed by atoms with van der Waals surface area (Å²) in [4.78, 5) is 6.87. The smallest absolute Gasteiger partial charge is 0.191 e. The lowest BCUT2D eigenvalue weighted by atomic mass is 10.1. The van der Waals surface area contributed by atoms with E-state index in [0.29, 0.717) is 19.6 Å². The van der Waals surface area contributed by atoms with Gasteiger partial charge in [-0.05, 0) is 18.9 Å². The number of guanidine groups is 1. The number of aryl methyl sites for hydroxylation is 1. The summed E-state index contributed by atoms with van der Waals surface area (Å²) in [7, 11) is -2.81. The number of benzene rings is 1. The minimum absolute atomic E-state index is 0.274. The third-order valence-corrected chi connectivity index (χ3v) is 6.13. The van der Waals surface area contributed by atoms with Gasteiger partial charge in [-0.1, -0.05) is 43.2 Å². The van der Waals surface area contributed by atoms with Crippen LogP contribution in [0.1, 0.15) is 30.9 Å². The second kappa shape index (κ2) is 10.5. The van der Waals surface area contributed by atoms with Crippen molar-refractivity contribution in [3.8, 4) is 0 Å². The van der Waals surface area contributed by atoms with Gasteiger partial charge in [-0.2, -0.15) is 0 Å². The molecule has 1 heterocycles. The van der Waals surface area contributed by atoms with Crippen molar-refractivity contribution in [2.75, 3.05) is 44.2 Å². The van der Waals surface area contributed by atoms with E-state index in [1.165, 1.54) is 11.1 Å². The average Bonchev–Trinajstić information content (AvgIpc) is 2.62. The summed E-state index contributed by atoms with van der Waals surface area (Å²) in [5, 5.41) is 6.75. The number of nitrogens with zero attached hydrogens (tertiary/aromatic N) is 2. The molecule has 1 fully saturated rings. The summed E-state index contributed by atoms with van der Waals surface area (Å²) in [6.07, 6.45) is 2.25. The standard InChI is InChI=1S/C19H32N4O2S/c1-3-4-9-20-19(22-16-18-7-5-17(2)6-8-18)21-10-11-23-12-14-26(24,25)15-13-23/h5-8H,3-4,9-16H2,1-2H3,(H2,20,21,22). The first-order chi connectivity index (χ1) is 12.5. The van der Waals surface area contributed by atoms with Crippen LogP contribution < -0.4 is 10.6 Å². The molecule has 1 aromatic rings. The van der Waals surface area contributed by atoms with Crippen LogP contribution in [0.25, 0.3) is 0 Å². The predicted octanol–water partition coefficient (Wildman–Crippen LogP) is 1.56. The first kappa shape index (κ1) is 20.7. The van der Waals surface area contributed by atoms with Crippen molar-refractivity contribution in [3.05, 3.63) is 35.4 Å². The monoisotopic (exact) mass is 380 g/mol. The molecule has 6 nitrogen and oxygen atoms in total. The number of rotatable bonds is 8. The average molecular weight is 381 g/mol. The van der Waals surface area contributed by atoms with Gasteiger partial charge < -0.3 is 10.6 Å². The Hall–Kier alpha value is -1.60. The minimum Gasteiger partial charge on any atom is -0.356 e. The Bertz CT molecular complexity index is 657. The highest BCUT2D eigenvalue weighted by molar-refractivity contribution is 7.91. The zero-order chi connectivity index (χ0) is 18.8. The number of nitrogens with one attached hydrogen (secondary N) is 2. The Morgan fingerprint density at radius 1 is 1.12 bits per heavy atom. The molecular weight excluding hydrogens is 348 g/mol. The number of unbranched alkanes of at least 4 members (excludes halogenated alkanes) is 1. The van der Waals surface area contributed by atoms with Crippen LogP contribution in [0.3, 0.4) is 0 Å². The van der Waals surface area contributed by atoms with Crippen LogP contribution in [0.15, 0.2) is 29.3 Å². The Balaban J connectivity index is 1.81. The van der Waals surface area contributed by atoms with Crippen LogP contribution in [-0.4, -0.2) is 63.5 Å². The largest absolute Gasteiger partial charge is 0.356 e. The lowest BCUT2D eigenvalue weighted by molar-refractivity contribution is 0.299. The molecule has 146 valence electrons. The predicted molar refractivity (Wildman–Crippen MR) is 108 cm³/mol. The van der Waals surface area contributed by atoms with Crippen LogP contribution in [0.2, 0.25) is 0 Å². The highest BCUT2D eigenvalue weighted by Crippen LogP contribution is 2.04. The fraction of sp³-hybridized carbons (Fsp3) is 0.632. The lowest BCUT2D eigenvalue weighted by Crippen LogP contribution is -2.46. The zero-order valence-corrected chi connectivity index (χ0v) is 16.8. The van der Waals surface area contributed by atoms with Gasteiger partial charge in [-0.15, -0.1) is 0 Å². The van der Waals surface area contributed by atoms with Gasteiger partial charge in [-0.3, -0.25) is 4.90 Å². The van der Waals surface area contributed by atoms with E-state index in [4.69, 9.17) is 0 Å². The SMILES string of the molecule is CCCCNC(=NCc1ccc(C)cc1)NCCN1CCS(=O)(=O)CC1. The molecule has 0 aliphatic carbocycles. The Morgan fingerprint density at radius 3 is 2.42 bits per heavy atom. The molecule has 0 radical (unpaired) electrons. The van der Waals surface area contributed by atoms with Gasteiger partial charge in [0, 0.05) is 32.7 Å². The Kier molecular flexibility index (Phi) is 8.38. The van der Waals surface area contributed by atoms with E-state index in [2.05, 4.69) is 58.6 Å². The van der Waals surface area contributed by atoms with E-state index in [-0.39, 0.29) is 11.5 Å². The molecule has 0 unspecified atom stereocenters. The molecule has 2 rings (SSSR count). The first-order valence-corrected chi connectivity index (χ1v) is 11.3. The third kappa shape index (κ3) is 7.74. The van der Waals surface area contributed by atoms with Crippen LogP contribution in [0.4, 0.5) is 0 Å². The first-order valence-electron chi connectivity index (χ1n) is 9.49. The normalized spacial score (nSPS) is 17.8. The van der Waals surface area contributed by atoms with Crippen molar-refractivity contribution < 1.29 is 8.42 Å². The van der Waals surface area contributed by atoms with Crippen molar-refractivity contribution in [2.45, 2.75) is 33.2 Å². The molecule has 7 heteroatoms. The van der Waals surface area contributed by atoms with E-state index in [1.807, 2.05) is 0 Å². The van der Waals surface area contributed by atoms with Gasteiger partial charge in [0.2, 0.25) is 0 Å². The van der Waals surface area contributed by atoms with Crippen molar-refractivity contribution in [2.24, 2.45) is 4.99 Å². The second-order valence-corrected chi connectivity index (χ2v) is 9.15. The van der Waals surface area contributed by atoms with E-state index in [1.54, 1.807) is 0 Å². The molecule has 1 aliphatic heterocycles. The molecule has 0 aromatic heterocycles. The molecule has 0 bridgehead atoms. The summed E-state index contributed by atoms with van der Waals surface area (Å²) in [5.74, 6) is 1.37. The molecule has 1 saturated heterocycles. The number of hydrogen-bond acceptors (Lipinski definition) is 4. The summed E-state index contributed by atoms with van der Waals surface area (Å²) in [6.45, 7) is 8.63. The van der Waals surface area contributed by atoms with Gasteiger partial charge in [0.05, 0.1) is 18.1 Å². The van der Waals surface area contributed by atoms with Gasteiger partial charge >= 0.3 is 0 Å². The summed E-state index contributed by atoms with van der Waals surface area (Å²) >= 11 is 0. The van der Waals surface area contributed by atoms with Crippen LogP contribution in [0, 0.1) is 6.92 Å². The number of sulfone groups is 1. The molecule has 2 N–H and O–H groups in total. The molecular formula is C19H32N4O2S. The van der Waals surface area contributed by atoms with Crippen LogP contribution in [-0.2, 0) is 16.4 Å². The highest BCUT2D eigenvalue weighted by Gasteiger charge is 2.20. The molecule has 26 heavy (non-hydrogen) atoms. The third-order valence-electron chi connectivity index (χ3n) is 4.52. The van der Waals surface area contributed by atoms with Crippen LogP contribution >= 0.6 is 0 Å². The number of hydrogen-bond donors (Lipinski definition) is 2. The number of aliphatic imine (C=N–C) groups is 1. The quantitative estimate of drug-likeness (QED) is 0.407. The van der Waals surface area contributed by atoms with Gasteiger partial charge in [0.25, 0.3) is 0 Å². The summed E-state index contributed by atoms with van der Waals surface area (Å²) < 4.78 is 23.0. The maximum Gasteiger partial charge on any atom is 0.191 e. The topological polar surface area (TPSA) is 73.8 Å². The van der Waals surface area contributed by atoms with E-state index >= 15 is 0 Å².